The van der Waals surface area contributed by atoms with Crippen molar-refractivity contribution in [2.75, 3.05) is 0 Å². The van der Waals surface area contributed by atoms with E-state index in [0.717, 1.165) is 40.6 Å². The lowest BCUT2D eigenvalue weighted by molar-refractivity contribution is -0.126. The van der Waals surface area contributed by atoms with E-state index >= 15 is 0 Å². The topological polar surface area (TPSA) is 65.2 Å². The van der Waals surface area contributed by atoms with Gasteiger partial charge in [-0.2, -0.15) is 0 Å². The number of hydrogen-bond donors (Lipinski definition) is 2. The van der Waals surface area contributed by atoms with Crippen molar-refractivity contribution in [2.24, 2.45) is 0 Å². The number of nitrogens with one attached hydrogen (secondary N) is 2. The minimum absolute atomic E-state index is 0.0282. The van der Waals surface area contributed by atoms with E-state index in [1.165, 1.54) is 0 Å². The Balaban J connectivity index is 1.56. The normalized spacial score (nSPS) is 23.1. The summed E-state index contributed by atoms with van der Waals surface area (Å²) in [6.45, 7) is 0. The second-order valence-corrected chi connectivity index (χ2v) is 7.77. The molecule has 5 nitrogen and oxygen atoms in total. The smallest absolute Gasteiger partial charge is 0.255 e. The quantitative estimate of drug-likeness (QED) is 0.741. The van der Waals surface area contributed by atoms with E-state index in [-0.39, 0.29) is 23.9 Å². The first-order valence-corrected chi connectivity index (χ1v) is 9.54. The molecule has 1 fully saturated rings. The monoisotopic (exact) mass is 357 g/mol. The van der Waals surface area contributed by atoms with Crippen LogP contribution in [0, 0.1) is 0 Å². The Morgan fingerprint density at radius 1 is 1.07 bits per heavy atom. The summed E-state index contributed by atoms with van der Waals surface area (Å²) >= 11 is 0. The molecule has 0 radical (unpaired) electrons. The van der Waals surface area contributed by atoms with Crippen molar-refractivity contribution in [3.05, 3.63) is 70.9 Å². The SMILES string of the molecule is O=C(NC1CC1)[C@@H]1Cc2c([nH]c3ccccc23)[C@H]2c3ccccc3C(=O)N21. The van der Waals surface area contributed by atoms with Crippen molar-refractivity contribution in [1.82, 2.24) is 15.2 Å². The molecule has 3 aromatic rings. The van der Waals surface area contributed by atoms with Crippen molar-refractivity contribution >= 4 is 22.7 Å². The molecule has 0 saturated heterocycles. The molecule has 2 N–H and O–H groups in total. The Morgan fingerprint density at radius 3 is 2.70 bits per heavy atom. The molecule has 2 aliphatic heterocycles. The Labute approximate surface area is 156 Å². The van der Waals surface area contributed by atoms with E-state index in [1.807, 2.05) is 36.4 Å². The zero-order chi connectivity index (χ0) is 18.1. The van der Waals surface area contributed by atoms with Crippen LogP contribution >= 0.6 is 0 Å². The number of aromatic amines is 1. The minimum atomic E-state index is -0.470. The van der Waals surface area contributed by atoms with Gasteiger partial charge in [-0.05, 0) is 36.1 Å². The van der Waals surface area contributed by atoms with Crippen molar-refractivity contribution in [1.29, 1.82) is 0 Å². The molecule has 134 valence electrons. The van der Waals surface area contributed by atoms with E-state index in [2.05, 4.69) is 22.4 Å². The standard InChI is InChI=1S/C22H19N3O2/c26-21(23-12-9-10-12)18-11-16-13-5-3-4-8-17(13)24-19(16)20-14-6-1-2-7-15(14)22(27)25(18)20/h1-8,12,18,20,24H,9-11H2,(H,23,26)/t18-,20+/m0/s1. The highest BCUT2D eigenvalue weighted by molar-refractivity contribution is 6.03. The number of nitrogens with zero attached hydrogens (tertiary/aromatic N) is 1. The van der Waals surface area contributed by atoms with Gasteiger partial charge in [0.15, 0.2) is 0 Å². The van der Waals surface area contributed by atoms with Crippen LogP contribution in [0.3, 0.4) is 0 Å². The second-order valence-electron chi connectivity index (χ2n) is 7.77. The fourth-order valence-corrected chi connectivity index (χ4v) is 4.66. The Bertz CT molecular complexity index is 1110. The van der Waals surface area contributed by atoms with Crippen LogP contribution in [0.25, 0.3) is 10.9 Å². The van der Waals surface area contributed by atoms with Gasteiger partial charge >= 0.3 is 0 Å². The molecule has 1 aliphatic carbocycles. The van der Waals surface area contributed by atoms with Gasteiger partial charge in [0.25, 0.3) is 5.91 Å². The molecule has 6 rings (SSSR count). The number of rotatable bonds is 2. The third kappa shape index (κ3) is 2.05. The summed E-state index contributed by atoms with van der Waals surface area (Å²) in [5.74, 6) is -0.0737. The Kier molecular flexibility index (Phi) is 2.91. The van der Waals surface area contributed by atoms with Gasteiger partial charge in [0.1, 0.15) is 6.04 Å². The molecule has 2 atom stereocenters. The van der Waals surface area contributed by atoms with Crippen LogP contribution < -0.4 is 5.32 Å². The molecular weight excluding hydrogens is 338 g/mol. The van der Waals surface area contributed by atoms with Crippen LogP contribution in [0.1, 0.15) is 46.1 Å². The van der Waals surface area contributed by atoms with E-state index < -0.39 is 6.04 Å². The maximum absolute atomic E-state index is 13.2. The number of H-pyrrole nitrogens is 1. The lowest BCUT2D eigenvalue weighted by atomic mass is 9.90. The van der Waals surface area contributed by atoms with Crippen LogP contribution in [0.2, 0.25) is 0 Å². The average Bonchev–Trinajstić information content (AvgIpc) is 3.35. The first kappa shape index (κ1) is 15.0. The highest BCUT2D eigenvalue weighted by Crippen LogP contribution is 2.46. The Morgan fingerprint density at radius 2 is 1.85 bits per heavy atom. The average molecular weight is 357 g/mol. The van der Waals surface area contributed by atoms with Crippen molar-refractivity contribution in [3.8, 4) is 0 Å². The highest BCUT2D eigenvalue weighted by atomic mass is 16.2. The molecule has 1 aromatic heterocycles. The molecule has 0 bridgehead atoms. The fourth-order valence-electron chi connectivity index (χ4n) is 4.66. The largest absolute Gasteiger partial charge is 0.356 e. The zero-order valence-electron chi connectivity index (χ0n) is 14.7. The molecule has 5 heteroatoms. The van der Waals surface area contributed by atoms with Gasteiger partial charge in [0, 0.05) is 34.6 Å². The van der Waals surface area contributed by atoms with E-state index in [4.69, 9.17) is 0 Å². The minimum Gasteiger partial charge on any atom is -0.356 e. The number of carbonyl (C=O) groups is 2. The molecule has 2 amide bonds. The number of para-hydroxylation sites is 1. The van der Waals surface area contributed by atoms with E-state index in [0.29, 0.717) is 12.0 Å². The maximum Gasteiger partial charge on any atom is 0.255 e. The highest BCUT2D eigenvalue weighted by Gasteiger charge is 2.49. The molecule has 3 aliphatic rings. The summed E-state index contributed by atoms with van der Waals surface area (Å²) < 4.78 is 0. The number of fused-ring (bicyclic) bond motifs is 7. The lowest BCUT2D eigenvalue weighted by Crippen LogP contribution is -2.52. The third-order valence-corrected chi connectivity index (χ3v) is 6.08. The van der Waals surface area contributed by atoms with Gasteiger partial charge < -0.3 is 15.2 Å². The lowest BCUT2D eigenvalue weighted by Gasteiger charge is -2.37. The van der Waals surface area contributed by atoms with Crippen LogP contribution in [-0.2, 0) is 11.2 Å². The second kappa shape index (κ2) is 5.22. The fraction of sp³-hybridized carbons (Fsp3) is 0.273. The molecular formula is C22H19N3O2. The van der Waals surface area contributed by atoms with E-state index in [1.54, 1.807) is 4.90 Å². The first-order valence-electron chi connectivity index (χ1n) is 9.54. The van der Waals surface area contributed by atoms with Gasteiger partial charge in [-0.1, -0.05) is 36.4 Å². The van der Waals surface area contributed by atoms with Gasteiger partial charge in [-0.3, -0.25) is 9.59 Å². The third-order valence-electron chi connectivity index (χ3n) is 6.08. The van der Waals surface area contributed by atoms with Crippen molar-refractivity contribution in [3.63, 3.8) is 0 Å². The van der Waals surface area contributed by atoms with Crippen LogP contribution in [0.15, 0.2) is 48.5 Å². The molecule has 0 unspecified atom stereocenters. The van der Waals surface area contributed by atoms with Gasteiger partial charge in [-0.15, -0.1) is 0 Å². The molecule has 27 heavy (non-hydrogen) atoms. The summed E-state index contributed by atoms with van der Waals surface area (Å²) in [5, 5.41) is 4.26. The predicted molar refractivity (Wildman–Crippen MR) is 101 cm³/mol. The van der Waals surface area contributed by atoms with Gasteiger partial charge in [0.2, 0.25) is 5.91 Å². The van der Waals surface area contributed by atoms with Gasteiger partial charge in [0.05, 0.1) is 6.04 Å². The number of aromatic nitrogens is 1. The summed E-state index contributed by atoms with van der Waals surface area (Å²) in [4.78, 5) is 31.6. The van der Waals surface area contributed by atoms with Gasteiger partial charge in [-0.25, -0.2) is 0 Å². The molecule has 2 aromatic carbocycles. The van der Waals surface area contributed by atoms with Crippen molar-refractivity contribution in [2.45, 2.75) is 37.4 Å². The molecule has 1 saturated carbocycles. The number of carbonyl (C=O) groups excluding carboxylic acids is 2. The van der Waals surface area contributed by atoms with Crippen molar-refractivity contribution < 1.29 is 9.59 Å². The summed E-state index contributed by atoms with van der Waals surface area (Å²) in [7, 11) is 0. The zero-order valence-corrected chi connectivity index (χ0v) is 14.7. The Hall–Kier alpha value is -3.08. The summed E-state index contributed by atoms with van der Waals surface area (Å²) in [6.07, 6.45) is 2.62. The summed E-state index contributed by atoms with van der Waals surface area (Å²) in [6, 6.07) is 15.5. The molecule has 3 heterocycles. The number of benzene rings is 2. The van der Waals surface area contributed by atoms with Crippen LogP contribution in [-0.4, -0.2) is 33.8 Å². The molecule has 0 spiro atoms. The summed E-state index contributed by atoms with van der Waals surface area (Å²) in [5.41, 5.74) is 4.96. The number of hydrogen-bond acceptors (Lipinski definition) is 2. The van der Waals surface area contributed by atoms with E-state index in [9.17, 15) is 9.59 Å². The maximum atomic E-state index is 13.2. The number of amides is 2. The van der Waals surface area contributed by atoms with Crippen LogP contribution in [0.4, 0.5) is 0 Å². The van der Waals surface area contributed by atoms with Crippen LogP contribution in [0.5, 0.6) is 0 Å². The predicted octanol–water partition coefficient (Wildman–Crippen LogP) is 2.92. The first-order chi connectivity index (χ1) is 13.2.